The largest absolute Gasteiger partial charge is 0.272 e. The Morgan fingerprint density at radius 1 is 1.40 bits per heavy atom. The van der Waals surface area contributed by atoms with E-state index in [0.29, 0.717) is 6.42 Å². The second kappa shape index (κ2) is 3.69. The fourth-order valence-corrected chi connectivity index (χ4v) is 1.44. The number of hydrazone groups is 1. The number of anilines is 1. The van der Waals surface area contributed by atoms with Gasteiger partial charge < -0.3 is 0 Å². The molecule has 0 spiro atoms. The van der Waals surface area contributed by atoms with E-state index in [0.717, 1.165) is 17.0 Å². The molecule has 0 bridgehead atoms. The van der Waals surface area contributed by atoms with Crippen LogP contribution in [-0.2, 0) is 4.79 Å². The van der Waals surface area contributed by atoms with E-state index in [1.54, 1.807) is 0 Å². The van der Waals surface area contributed by atoms with Crippen LogP contribution in [0.4, 0.5) is 5.69 Å². The van der Waals surface area contributed by atoms with Gasteiger partial charge >= 0.3 is 0 Å². The molecule has 0 aromatic heterocycles. The molecule has 0 fully saturated rings. The van der Waals surface area contributed by atoms with E-state index in [4.69, 9.17) is 0 Å². The van der Waals surface area contributed by atoms with E-state index in [9.17, 15) is 4.79 Å². The zero-order chi connectivity index (χ0) is 10.8. The molecule has 3 nitrogen and oxygen atoms in total. The SMILES string of the molecule is C=C(C)C1=NN(c2ccccc2)C(=O)C1. The summed E-state index contributed by atoms with van der Waals surface area (Å²) in [6, 6.07) is 9.41. The van der Waals surface area contributed by atoms with E-state index in [-0.39, 0.29) is 5.91 Å². The van der Waals surface area contributed by atoms with Crippen molar-refractivity contribution in [3.8, 4) is 0 Å². The minimum atomic E-state index is -0.000741. The van der Waals surface area contributed by atoms with Crippen LogP contribution >= 0.6 is 0 Å². The molecule has 0 radical (unpaired) electrons. The van der Waals surface area contributed by atoms with Crippen LogP contribution in [0, 0.1) is 0 Å². The van der Waals surface area contributed by atoms with Crippen LogP contribution in [0.15, 0.2) is 47.6 Å². The number of para-hydroxylation sites is 1. The summed E-state index contributed by atoms with van der Waals surface area (Å²) in [5.41, 5.74) is 2.42. The Labute approximate surface area is 88.7 Å². The van der Waals surface area contributed by atoms with Gasteiger partial charge in [-0.15, -0.1) is 0 Å². The topological polar surface area (TPSA) is 32.7 Å². The normalized spacial score (nSPS) is 15.4. The maximum atomic E-state index is 11.7. The summed E-state index contributed by atoms with van der Waals surface area (Å²) in [6.07, 6.45) is 0.351. The quantitative estimate of drug-likeness (QED) is 0.721. The smallest absolute Gasteiger partial charge is 0.253 e. The minimum absolute atomic E-state index is 0.000741. The number of carbonyl (C=O) groups is 1. The van der Waals surface area contributed by atoms with Crippen molar-refractivity contribution in [3.05, 3.63) is 42.5 Å². The number of carbonyl (C=O) groups excluding carboxylic acids is 1. The highest BCUT2D eigenvalue weighted by Gasteiger charge is 2.24. The van der Waals surface area contributed by atoms with Crippen molar-refractivity contribution in [1.82, 2.24) is 0 Å². The Kier molecular flexibility index (Phi) is 2.37. The number of rotatable bonds is 2. The lowest BCUT2D eigenvalue weighted by atomic mass is 10.1. The van der Waals surface area contributed by atoms with Gasteiger partial charge in [-0.1, -0.05) is 24.8 Å². The molecule has 1 aliphatic rings. The first-order valence-corrected chi connectivity index (χ1v) is 4.80. The van der Waals surface area contributed by atoms with E-state index < -0.39 is 0 Å². The summed E-state index contributed by atoms with van der Waals surface area (Å²) in [7, 11) is 0. The fourth-order valence-electron chi connectivity index (χ4n) is 1.44. The van der Waals surface area contributed by atoms with Crippen molar-refractivity contribution in [3.63, 3.8) is 0 Å². The van der Waals surface area contributed by atoms with Crippen LogP contribution in [0.2, 0.25) is 0 Å². The first kappa shape index (κ1) is 9.65. The molecule has 15 heavy (non-hydrogen) atoms. The molecule has 2 rings (SSSR count). The van der Waals surface area contributed by atoms with Crippen LogP contribution in [0.1, 0.15) is 13.3 Å². The van der Waals surface area contributed by atoms with E-state index in [1.807, 2.05) is 37.3 Å². The first-order valence-electron chi connectivity index (χ1n) is 4.80. The highest BCUT2D eigenvalue weighted by molar-refractivity contribution is 6.18. The van der Waals surface area contributed by atoms with E-state index in [2.05, 4.69) is 11.7 Å². The van der Waals surface area contributed by atoms with Crippen molar-refractivity contribution in [1.29, 1.82) is 0 Å². The van der Waals surface area contributed by atoms with Gasteiger partial charge in [0.25, 0.3) is 5.91 Å². The van der Waals surface area contributed by atoms with Gasteiger partial charge in [0.2, 0.25) is 0 Å². The zero-order valence-corrected chi connectivity index (χ0v) is 8.60. The Hall–Kier alpha value is -1.90. The van der Waals surface area contributed by atoms with Gasteiger partial charge in [-0.05, 0) is 24.6 Å². The molecule has 0 aliphatic carbocycles. The number of benzene rings is 1. The number of amides is 1. The predicted octanol–water partition coefficient (Wildman–Crippen LogP) is 2.36. The minimum Gasteiger partial charge on any atom is -0.272 e. The maximum absolute atomic E-state index is 11.7. The Bertz CT molecular complexity index is 434. The van der Waals surface area contributed by atoms with Crippen LogP contribution in [0.5, 0.6) is 0 Å². The molecule has 0 N–H and O–H groups in total. The summed E-state index contributed by atoms with van der Waals surface area (Å²) in [6.45, 7) is 5.65. The molecule has 0 saturated heterocycles. The molecule has 3 heteroatoms. The number of allylic oxidation sites excluding steroid dienone is 1. The average molecular weight is 200 g/mol. The Morgan fingerprint density at radius 3 is 2.60 bits per heavy atom. The summed E-state index contributed by atoms with van der Waals surface area (Å²) < 4.78 is 0. The van der Waals surface area contributed by atoms with Crippen molar-refractivity contribution in [2.45, 2.75) is 13.3 Å². The van der Waals surface area contributed by atoms with Crippen LogP contribution in [0.3, 0.4) is 0 Å². The lowest BCUT2D eigenvalue weighted by Gasteiger charge is -2.10. The molecule has 1 heterocycles. The molecule has 1 amide bonds. The highest BCUT2D eigenvalue weighted by Crippen LogP contribution is 2.21. The van der Waals surface area contributed by atoms with Gasteiger partial charge in [-0.25, -0.2) is 5.01 Å². The Balaban J connectivity index is 2.32. The zero-order valence-electron chi connectivity index (χ0n) is 8.60. The van der Waals surface area contributed by atoms with Crippen molar-refractivity contribution in [2.75, 3.05) is 5.01 Å². The van der Waals surface area contributed by atoms with Gasteiger partial charge in [-0.2, -0.15) is 5.10 Å². The number of hydrogen-bond donors (Lipinski definition) is 0. The van der Waals surface area contributed by atoms with E-state index in [1.165, 1.54) is 5.01 Å². The van der Waals surface area contributed by atoms with Gasteiger partial charge in [0.1, 0.15) is 0 Å². The highest BCUT2D eigenvalue weighted by atomic mass is 16.2. The molecular formula is C12H12N2O. The van der Waals surface area contributed by atoms with Crippen LogP contribution in [-0.4, -0.2) is 11.6 Å². The lowest BCUT2D eigenvalue weighted by molar-refractivity contribution is -0.116. The number of nitrogens with zero attached hydrogens (tertiary/aromatic N) is 2. The van der Waals surface area contributed by atoms with Gasteiger partial charge in [0.05, 0.1) is 17.8 Å². The molecule has 0 unspecified atom stereocenters. The molecular weight excluding hydrogens is 188 g/mol. The van der Waals surface area contributed by atoms with Gasteiger partial charge in [0, 0.05) is 0 Å². The third kappa shape index (κ3) is 1.81. The second-order valence-electron chi connectivity index (χ2n) is 3.54. The summed E-state index contributed by atoms with van der Waals surface area (Å²) in [4.78, 5) is 11.7. The molecule has 1 aromatic carbocycles. The third-order valence-corrected chi connectivity index (χ3v) is 2.27. The van der Waals surface area contributed by atoms with Crippen molar-refractivity contribution < 1.29 is 4.79 Å². The van der Waals surface area contributed by atoms with Crippen LogP contribution in [0.25, 0.3) is 0 Å². The third-order valence-electron chi connectivity index (χ3n) is 2.27. The summed E-state index contributed by atoms with van der Waals surface area (Å²) in [5.74, 6) is -0.000741. The van der Waals surface area contributed by atoms with Crippen LogP contribution < -0.4 is 5.01 Å². The molecule has 1 aliphatic heterocycles. The second-order valence-corrected chi connectivity index (χ2v) is 3.54. The predicted molar refractivity (Wildman–Crippen MR) is 60.8 cm³/mol. The Morgan fingerprint density at radius 2 is 2.07 bits per heavy atom. The summed E-state index contributed by atoms with van der Waals surface area (Å²) in [5, 5.41) is 5.67. The molecule has 0 atom stereocenters. The van der Waals surface area contributed by atoms with E-state index >= 15 is 0 Å². The lowest BCUT2D eigenvalue weighted by Crippen LogP contribution is -2.19. The molecule has 76 valence electrons. The molecule has 0 saturated carbocycles. The monoisotopic (exact) mass is 200 g/mol. The molecule has 1 aromatic rings. The van der Waals surface area contributed by atoms with Crippen molar-refractivity contribution in [2.24, 2.45) is 5.10 Å². The van der Waals surface area contributed by atoms with Gasteiger partial charge in [-0.3, -0.25) is 4.79 Å². The van der Waals surface area contributed by atoms with Gasteiger partial charge in [0.15, 0.2) is 0 Å². The first-order chi connectivity index (χ1) is 7.18. The maximum Gasteiger partial charge on any atom is 0.253 e. The standard InChI is InChI=1S/C12H12N2O/c1-9(2)11-8-12(15)14(13-11)10-6-4-3-5-7-10/h3-7H,1,8H2,2H3. The summed E-state index contributed by atoms with van der Waals surface area (Å²) >= 11 is 0. The van der Waals surface area contributed by atoms with Crippen molar-refractivity contribution >= 4 is 17.3 Å². The average Bonchev–Trinajstić information content (AvgIpc) is 2.62. The number of hydrogen-bond acceptors (Lipinski definition) is 2. The fraction of sp³-hybridized carbons (Fsp3) is 0.167.